The molecule has 6 heterocycles. The van der Waals surface area contributed by atoms with Gasteiger partial charge in [0.1, 0.15) is 41.2 Å². The van der Waals surface area contributed by atoms with Crippen LogP contribution in [0.4, 0.5) is 19.4 Å². The first-order valence-electron chi connectivity index (χ1n) is 16.8. The summed E-state index contributed by atoms with van der Waals surface area (Å²) in [6.45, 7) is 7.93. The van der Waals surface area contributed by atoms with Crippen LogP contribution in [0.1, 0.15) is 52.9 Å². The van der Waals surface area contributed by atoms with Crippen molar-refractivity contribution >= 4 is 33.6 Å². The lowest BCUT2D eigenvalue weighted by molar-refractivity contribution is 0.0122. The number of piperazine rings is 1. The number of halogens is 2. The Hall–Kier alpha value is -4.32. The van der Waals surface area contributed by atoms with Gasteiger partial charge >= 0.3 is 12.1 Å². The van der Waals surface area contributed by atoms with E-state index in [-0.39, 0.29) is 47.8 Å². The monoisotopic (exact) mass is 658 g/mol. The molecule has 0 spiro atoms. The van der Waals surface area contributed by atoms with Crippen LogP contribution in [0.5, 0.6) is 11.8 Å². The first-order chi connectivity index (χ1) is 23.0. The van der Waals surface area contributed by atoms with Crippen LogP contribution in [0.2, 0.25) is 0 Å². The van der Waals surface area contributed by atoms with Gasteiger partial charge in [0, 0.05) is 37.8 Å². The molecule has 4 aliphatic heterocycles. The molecule has 2 bridgehead atoms. The fraction of sp³-hybridized carbons (Fsp3) is 0.500. The molecule has 10 nitrogen and oxygen atoms in total. The zero-order valence-electron chi connectivity index (χ0n) is 27.5. The number of anilines is 1. The van der Waals surface area contributed by atoms with Gasteiger partial charge in [0.25, 0.3) is 0 Å². The summed E-state index contributed by atoms with van der Waals surface area (Å²) in [6.07, 6.45) is 4.13. The Labute approximate surface area is 277 Å². The lowest BCUT2D eigenvalue weighted by Gasteiger charge is -2.42. The number of hydrogen-bond acceptors (Lipinski definition) is 9. The molecule has 4 saturated heterocycles. The highest BCUT2D eigenvalue weighted by molar-refractivity contribution is 6.00. The number of phenols is 1. The predicted molar refractivity (Wildman–Crippen MR) is 178 cm³/mol. The molecule has 4 fully saturated rings. The Kier molecular flexibility index (Phi) is 7.35. The Morgan fingerprint density at radius 1 is 1.08 bits per heavy atom. The maximum absolute atomic E-state index is 16.8. The lowest BCUT2D eigenvalue weighted by Crippen LogP contribution is -2.57. The second-order valence-electron chi connectivity index (χ2n) is 14.8. The average molecular weight is 659 g/mol. The maximum Gasteiger partial charge on any atom is 0.410 e. The molecule has 1 amide bonds. The van der Waals surface area contributed by atoms with Crippen molar-refractivity contribution in [1.29, 1.82) is 0 Å². The summed E-state index contributed by atoms with van der Waals surface area (Å²) >= 11 is 0. The van der Waals surface area contributed by atoms with Gasteiger partial charge in [0.05, 0.1) is 23.0 Å². The summed E-state index contributed by atoms with van der Waals surface area (Å²) in [7, 11) is 0. The number of carbonyl (C=O) groups is 1. The van der Waals surface area contributed by atoms with E-state index in [1.807, 2.05) is 49.9 Å². The number of hydrogen-bond donors (Lipinski definition) is 1. The summed E-state index contributed by atoms with van der Waals surface area (Å²) in [5.74, 6) is -0.179. The van der Waals surface area contributed by atoms with Gasteiger partial charge < -0.3 is 19.5 Å². The highest BCUT2D eigenvalue weighted by Crippen LogP contribution is 2.42. The van der Waals surface area contributed by atoms with Crippen molar-refractivity contribution in [3.05, 3.63) is 48.4 Å². The fourth-order valence-corrected chi connectivity index (χ4v) is 8.34. The van der Waals surface area contributed by atoms with Gasteiger partial charge in [0.15, 0.2) is 5.82 Å². The SMILES string of the molecule is CC(C)(C)OC(=O)N1[C@@H]2CC[C@H]1CN(c1nc(OC[C@@]34CCCN3C[C@H](F)C4)nc3c(F)c(-c4cc(O)cc5ccccc45)ncc13)C2. The van der Waals surface area contributed by atoms with Crippen molar-refractivity contribution in [3.63, 3.8) is 0 Å². The Morgan fingerprint density at radius 2 is 1.85 bits per heavy atom. The number of ether oxygens (including phenoxy) is 2. The van der Waals surface area contributed by atoms with Crippen molar-refractivity contribution in [1.82, 2.24) is 24.8 Å². The minimum absolute atomic E-state index is 0.00108. The van der Waals surface area contributed by atoms with E-state index >= 15 is 4.39 Å². The number of rotatable bonds is 5. The second-order valence-corrected chi connectivity index (χ2v) is 14.8. The van der Waals surface area contributed by atoms with Crippen LogP contribution >= 0.6 is 0 Å². The zero-order chi connectivity index (χ0) is 33.4. The van der Waals surface area contributed by atoms with E-state index < -0.39 is 23.1 Å². The molecule has 252 valence electrons. The molecule has 0 saturated carbocycles. The molecule has 8 rings (SSSR count). The average Bonchev–Trinajstić information content (AvgIpc) is 3.65. The number of aromatic hydroxyl groups is 1. The number of aromatic nitrogens is 3. The highest BCUT2D eigenvalue weighted by atomic mass is 19.1. The van der Waals surface area contributed by atoms with Crippen LogP contribution in [0, 0.1) is 5.82 Å². The van der Waals surface area contributed by atoms with Gasteiger partial charge in [-0.05, 0) is 75.9 Å². The third-order valence-corrected chi connectivity index (χ3v) is 10.4. The third kappa shape index (κ3) is 5.34. The van der Waals surface area contributed by atoms with Gasteiger partial charge in [-0.25, -0.2) is 13.6 Å². The largest absolute Gasteiger partial charge is 0.508 e. The minimum Gasteiger partial charge on any atom is -0.508 e. The maximum atomic E-state index is 16.8. The van der Waals surface area contributed by atoms with Crippen LogP contribution in [0.3, 0.4) is 0 Å². The lowest BCUT2D eigenvalue weighted by atomic mass is 9.95. The van der Waals surface area contributed by atoms with Gasteiger partial charge in [-0.1, -0.05) is 24.3 Å². The van der Waals surface area contributed by atoms with Crippen LogP contribution in [-0.2, 0) is 4.74 Å². The van der Waals surface area contributed by atoms with Crippen LogP contribution in [0.25, 0.3) is 32.9 Å². The number of amides is 1. The van der Waals surface area contributed by atoms with Crippen molar-refractivity contribution < 1.29 is 28.2 Å². The number of fused-ring (bicyclic) bond motifs is 5. The van der Waals surface area contributed by atoms with Crippen LogP contribution < -0.4 is 9.64 Å². The topological polar surface area (TPSA) is 104 Å². The van der Waals surface area contributed by atoms with Gasteiger partial charge in [-0.2, -0.15) is 9.97 Å². The summed E-state index contributed by atoms with van der Waals surface area (Å²) in [5.41, 5.74) is -0.502. The van der Waals surface area contributed by atoms with E-state index in [4.69, 9.17) is 14.5 Å². The molecule has 0 aliphatic carbocycles. The molecule has 0 radical (unpaired) electrons. The van der Waals surface area contributed by atoms with Crippen molar-refractivity contribution in [2.24, 2.45) is 0 Å². The van der Waals surface area contributed by atoms with Crippen molar-refractivity contribution in [2.75, 3.05) is 37.7 Å². The number of alkyl halides is 1. The van der Waals surface area contributed by atoms with Gasteiger partial charge in [-0.3, -0.25) is 14.8 Å². The normalized spacial score (nSPS) is 25.6. The smallest absolute Gasteiger partial charge is 0.410 e. The minimum atomic E-state index is -0.915. The number of phenolic OH excluding ortho intramolecular Hbond substituents is 1. The molecule has 4 atom stereocenters. The fourth-order valence-electron chi connectivity index (χ4n) is 8.34. The Bertz CT molecular complexity index is 1910. The molecule has 1 N–H and O–H groups in total. The molecular formula is C36H40F2N6O4. The number of benzene rings is 2. The molecule has 2 aromatic heterocycles. The Balaban J connectivity index is 1.20. The van der Waals surface area contributed by atoms with E-state index in [1.165, 1.54) is 6.07 Å². The van der Waals surface area contributed by atoms with E-state index in [1.54, 1.807) is 12.3 Å². The zero-order valence-corrected chi connectivity index (χ0v) is 27.5. The first kappa shape index (κ1) is 31.0. The van der Waals surface area contributed by atoms with E-state index in [2.05, 4.69) is 19.8 Å². The number of carbonyl (C=O) groups excluding carboxylic acids is 1. The molecule has 12 heteroatoms. The summed E-state index contributed by atoms with van der Waals surface area (Å²) in [5, 5.41) is 12.4. The highest BCUT2D eigenvalue weighted by Gasteiger charge is 2.50. The molecule has 2 aromatic carbocycles. The summed E-state index contributed by atoms with van der Waals surface area (Å²) < 4.78 is 43.4. The molecule has 0 unspecified atom stereocenters. The van der Waals surface area contributed by atoms with E-state index in [0.29, 0.717) is 42.8 Å². The number of nitrogens with zero attached hydrogens (tertiary/aromatic N) is 6. The van der Waals surface area contributed by atoms with Crippen molar-refractivity contribution in [2.45, 2.75) is 82.3 Å². The second kappa shape index (κ2) is 11.4. The van der Waals surface area contributed by atoms with Gasteiger partial charge in [0.2, 0.25) is 0 Å². The van der Waals surface area contributed by atoms with Gasteiger partial charge in [-0.15, -0.1) is 0 Å². The van der Waals surface area contributed by atoms with Crippen LogP contribution in [-0.4, -0.2) is 98.1 Å². The predicted octanol–water partition coefficient (Wildman–Crippen LogP) is 6.23. The molecule has 4 aromatic rings. The van der Waals surface area contributed by atoms with Crippen molar-refractivity contribution in [3.8, 4) is 23.0 Å². The Morgan fingerprint density at radius 3 is 2.62 bits per heavy atom. The summed E-state index contributed by atoms with van der Waals surface area (Å²) in [6, 6.07) is 10.4. The first-order valence-corrected chi connectivity index (χ1v) is 16.8. The standard InChI is InChI=1S/C36H40F2N6O4/c1-35(2,3)48-34(46)44-23-9-10-24(44)19-42(18-23)32-28-16-39-30(27-14-25(45)13-21-7-4-5-8-26(21)27)29(38)31(28)40-33(41-32)47-20-36-11-6-12-43(36)17-22(37)15-36/h4-5,7-8,13-14,16,22-24,45H,6,9-12,15,17-20H2,1-3H3/t22-,23-,24+,36+/m1/s1. The van der Waals surface area contributed by atoms with E-state index in [0.717, 1.165) is 43.0 Å². The molecule has 4 aliphatic rings. The third-order valence-electron chi connectivity index (χ3n) is 10.4. The molecular weight excluding hydrogens is 618 g/mol. The van der Waals surface area contributed by atoms with Crippen LogP contribution in [0.15, 0.2) is 42.6 Å². The summed E-state index contributed by atoms with van der Waals surface area (Å²) in [4.78, 5) is 33.3. The quantitative estimate of drug-likeness (QED) is 0.267. The molecule has 48 heavy (non-hydrogen) atoms. The number of pyridine rings is 1. The van der Waals surface area contributed by atoms with E-state index in [9.17, 15) is 14.3 Å².